The number of rotatable bonds is 7. The van der Waals surface area contributed by atoms with E-state index in [1.165, 1.54) is 16.4 Å². The topological polar surface area (TPSA) is 92.8 Å². The lowest BCUT2D eigenvalue weighted by Gasteiger charge is -2.36. The van der Waals surface area contributed by atoms with Gasteiger partial charge >= 0.3 is 5.97 Å². The van der Waals surface area contributed by atoms with Crippen molar-refractivity contribution in [1.29, 1.82) is 0 Å². The van der Waals surface area contributed by atoms with Crippen LogP contribution < -0.4 is 5.32 Å². The molecule has 0 saturated heterocycles. The number of esters is 1. The molecule has 0 aromatic heterocycles. The number of ether oxygens (including phenoxy) is 1. The van der Waals surface area contributed by atoms with Crippen LogP contribution in [0.15, 0.2) is 71.6 Å². The molecule has 36 heavy (non-hydrogen) atoms. The first-order chi connectivity index (χ1) is 17.2. The number of halogens is 3. The van der Waals surface area contributed by atoms with Crippen LogP contribution in [0.2, 0.25) is 10.0 Å². The maximum Gasteiger partial charge on any atom is 0.308 e. The second-order valence-corrected chi connectivity index (χ2v) is 10.7. The Balaban J connectivity index is 1.50. The monoisotopic (exact) mass is 550 g/mol. The molecular formula is C25H21Cl2FN2O5S. The van der Waals surface area contributed by atoms with Crippen LogP contribution in [0.25, 0.3) is 0 Å². The molecule has 4 rings (SSSR count). The Kier molecular flexibility index (Phi) is 7.94. The van der Waals surface area contributed by atoms with E-state index in [1.807, 2.05) is 12.1 Å². The molecule has 1 unspecified atom stereocenters. The highest BCUT2D eigenvalue weighted by Gasteiger charge is 2.38. The van der Waals surface area contributed by atoms with Crippen LogP contribution in [0.1, 0.15) is 23.6 Å². The molecule has 1 atom stereocenters. The number of amides is 1. The molecule has 3 aromatic carbocycles. The minimum absolute atomic E-state index is 0.0855. The number of nitrogens with one attached hydrogen (secondary N) is 1. The standard InChI is InChI=1S/C25H21Cl2FN2O5S/c26-20-6-3-7-21(27)25(20)29-23(31)15-35-24(32)14-22-19-5-2-1-4-16(19)12-13-30(22)36(33,34)18-10-8-17(28)9-11-18/h1-11,22H,12-15H2,(H,29,31). The Morgan fingerprint density at radius 1 is 1.00 bits per heavy atom. The summed E-state index contributed by atoms with van der Waals surface area (Å²) in [5.74, 6) is -1.98. The first kappa shape index (κ1) is 26.1. The number of carbonyl (C=O) groups excluding carboxylic acids is 2. The molecule has 0 radical (unpaired) electrons. The predicted octanol–water partition coefficient (Wildman–Crippen LogP) is 4.99. The van der Waals surface area contributed by atoms with Crippen LogP contribution in [0.4, 0.5) is 10.1 Å². The number of anilines is 1. The summed E-state index contributed by atoms with van der Waals surface area (Å²) < 4.78 is 46.5. The van der Waals surface area contributed by atoms with Gasteiger partial charge in [0, 0.05) is 6.54 Å². The van der Waals surface area contributed by atoms with Gasteiger partial charge in [-0.15, -0.1) is 0 Å². The maximum atomic E-state index is 13.4. The number of sulfonamides is 1. The Hall–Kier alpha value is -2.98. The van der Waals surface area contributed by atoms with Gasteiger partial charge in [0.05, 0.1) is 33.1 Å². The first-order valence-electron chi connectivity index (χ1n) is 10.9. The van der Waals surface area contributed by atoms with Crippen molar-refractivity contribution in [3.05, 3.63) is 93.7 Å². The smallest absolute Gasteiger partial charge is 0.308 e. The molecule has 1 N–H and O–H groups in total. The third kappa shape index (κ3) is 5.70. The summed E-state index contributed by atoms with van der Waals surface area (Å²) in [7, 11) is -4.05. The molecule has 7 nitrogen and oxygen atoms in total. The Labute approximate surface area is 217 Å². The lowest BCUT2D eigenvalue weighted by atomic mass is 9.92. The van der Waals surface area contributed by atoms with Crippen LogP contribution in [-0.4, -0.2) is 37.8 Å². The van der Waals surface area contributed by atoms with Gasteiger partial charge in [-0.3, -0.25) is 9.59 Å². The van der Waals surface area contributed by atoms with Gasteiger partial charge in [-0.05, 0) is 53.9 Å². The Morgan fingerprint density at radius 3 is 2.36 bits per heavy atom. The van der Waals surface area contributed by atoms with Crippen LogP contribution in [0, 0.1) is 5.82 Å². The summed E-state index contributed by atoms with van der Waals surface area (Å²) in [6.07, 6.45) is 0.126. The first-order valence-corrected chi connectivity index (χ1v) is 13.1. The van der Waals surface area contributed by atoms with Crippen molar-refractivity contribution in [1.82, 2.24) is 4.31 Å². The molecule has 0 saturated carbocycles. The summed E-state index contributed by atoms with van der Waals surface area (Å²) in [4.78, 5) is 25.0. The third-order valence-electron chi connectivity index (χ3n) is 5.73. The molecule has 0 spiro atoms. The molecule has 0 fully saturated rings. The lowest BCUT2D eigenvalue weighted by Crippen LogP contribution is -2.41. The zero-order chi connectivity index (χ0) is 25.9. The highest BCUT2D eigenvalue weighted by molar-refractivity contribution is 7.89. The fourth-order valence-electron chi connectivity index (χ4n) is 4.03. The molecule has 1 aliphatic rings. The van der Waals surface area contributed by atoms with E-state index in [4.69, 9.17) is 27.9 Å². The highest BCUT2D eigenvalue weighted by atomic mass is 35.5. The van der Waals surface area contributed by atoms with E-state index >= 15 is 0 Å². The summed E-state index contributed by atoms with van der Waals surface area (Å²) in [5.41, 5.74) is 1.77. The van der Waals surface area contributed by atoms with Crippen LogP contribution >= 0.6 is 23.2 Å². The van der Waals surface area contributed by atoms with E-state index in [9.17, 15) is 22.4 Å². The molecule has 0 aliphatic carbocycles. The van der Waals surface area contributed by atoms with Gasteiger partial charge < -0.3 is 10.1 Å². The zero-order valence-electron chi connectivity index (χ0n) is 18.8. The number of para-hydroxylation sites is 1. The van der Waals surface area contributed by atoms with E-state index < -0.39 is 40.4 Å². The van der Waals surface area contributed by atoms with Crippen LogP contribution in [-0.2, 0) is 30.8 Å². The fourth-order valence-corrected chi connectivity index (χ4v) is 6.12. The molecule has 1 amide bonds. The van der Waals surface area contributed by atoms with Crippen molar-refractivity contribution in [3.8, 4) is 0 Å². The third-order valence-corrected chi connectivity index (χ3v) is 8.29. The van der Waals surface area contributed by atoms with E-state index in [-0.39, 0.29) is 33.6 Å². The maximum absolute atomic E-state index is 13.4. The Bertz CT molecular complexity index is 1380. The van der Waals surface area contributed by atoms with Crippen molar-refractivity contribution < 1.29 is 27.1 Å². The van der Waals surface area contributed by atoms with Gasteiger partial charge in [-0.2, -0.15) is 4.31 Å². The van der Waals surface area contributed by atoms with Gasteiger partial charge in [-0.25, -0.2) is 12.8 Å². The minimum Gasteiger partial charge on any atom is -0.456 e. The Morgan fingerprint density at radius 2 is 1.67 bits per heavy atom. The van der Waals surface area contributed by atoms with Crippen molar-refractivity contribution in [2.75, 3.05) is 18.5 Å². The molecule has 11 heteroatoms. The highest BCUT2D eigenvalue weighted by Crippen LogP contribution is 2.36. The molecule has 0 bridgehead atoms. The van der Waals surface area contributed by atoms with E-state index in [2.05, 4.69) is 5.32 Å². The summed E-state index contributed by atoms with van der Waals surface area (Å²) >= 11 is 12.1. The van der Waals surface area contributed by atoms with Gasteiger partial charge in [0.25, 0.3) is 5.91 Å². The number of fused-ring (bicyclic) bond motifs is 1. The minimum atomic E-state index is -4.05. The number of hydrogen-bond acceptors (Lipinski definition) is 5. The predicted molar refractivity (Wildman–Crippen MR) is 134 cm³/mol. The summed E-state index contributed by atoms with van der Waals surface area (Å²) in [6, 6.07) is 15.6. The molecule has 188 valence electrons. The van der Waals surface area contributed by atoms with Crippen molar-refractivity contribution >= 4 is 50.8 Å². The van der Waals surface area contributed by atoms with Gasteiger partial charge in [0.1, 0.15) is 5.82 Å². The van der Waals surface area contributed by atoms with Gasteiger partial charge in [0.15, 0.2) is 6.61 Å². The average Bonchev–Trinajstić information content (AvgIpc) is 2.85. The van der Waals surface area contributed by atoms with Gasteiger partial charge in [-0.1, -0.05) is 53.5 Å². The second kappa shape index (κ2) is 11.0. The second-order valence-electron chi connectivity index (χ2n) is 8.04. The average molecular weight is 551 g/mol. The van der Waals surface area contributed by atoms with Crippen molar-refractivity contribution in [2.45, 2.75) is 23.8 Å². The normalized spacial score (nSPS) is 15.7. The SMILES string of the molecule is O=C(COC(=O)CC1c2ccccc2CCN1S(=O)(=O)c1ccc(F)cc1)Nc1c(Cl)cccc1Cl. The summed E-state index contributed by atoms with van der Waals surface area (Å²) in [6.45, 7) is -0.486. The summed E-state index contributed by atoms with van der Waals surface area (Å²) in [5, 5.41) is 2.94. The molecule has 1 heterocycles. The van der Waals surface area contributed by atoms with Gasteiger partial charge in [0.2, 0.25) is 10.0 Å². The number of hydrogen-bond donors (Lipinski definition) is 1. The van der Waals surface area contributed by atoms with Crippen molar-refractivity contribution in [3.63, 3.8) is 0 Å². The van der Waals surface area contributed by atoms with E-state index in [0.717, 1.165) is 17.7 Å². The fraction of sp³-hybridized carbons (Fsp3) is 0.200. The molecule has 1 aliphatic heterocycles. The van der Waals surface area contributed by atoms with Crippen LogP contribution in [0.3, 0.4) is 0 Å². The van der Waals surface area contributed by atoms with E-state index in [1.54, 1.807) is 30.3 Å². The zero-order valence-corrected chi connectivity index (χ0v) is 21.1. The molecular weight excluding hydrogens is 530 g/mol. The molecule has 3 aromatic rings. The number of benzene rings is 3. The lowest BCUT2D eigenvalue weighted by molar-refractivity contribution is -0.148. The van der Waals surface area contributed by atoms with Crippen LogP contribution in [0.5, 0.6) is 0 Å². The quantitative estimate of drug-likeness (QED) is 0.418. The van der Waals surface area contributed by atoms with Crippen molar-refractivity contribution in [2.24, 2.45) is 0 Å². The number of nitrogens with zero attached hydrogens (tertiary/aromatic N) is 1. The van der Waals surface area contributed by atoms with E-state index in [0.29, 0.717) is 12.0 Å². The number of carbonyl (C=O) groups is 2. The largest absolute Gasteiger partial charge is 0.456 e.